The molecular formula is C15H15NO4. The highest BCUT2D eigenvalue weighted by molar-refractivity contribution is 5.92. The lowest BCUT2D eigenvalue weighted by Gasteiger charge is -2.09. The fraction of sp³-hybridized carbons (Fsp3) is 0.133. The summed E-state index contributed by atoms with van der Waals surface area (Å²) in [6.45, 7) is -0.186. The normalized spacial score (nSPS) is 9.85. The average molecular weight is 273 g/mol. The summed E-state index contributed by atoms with van der Waals surface area (Å²) in [5.74, 6) is 0.612. The number of methoxy groups -OCH3 is 1. The van der Waals surface area contributed by atoms with Crippen LogP contribution in [0.1, 0.15) is 0 Å². The molecule has 5 nitrogen and oxygen atoms in total. The Morgan fingerprint density at radius 1 is 1.20 bits per heavy atom. The Labute approximate surface area is 116 Å². The Balaban J connectivity index is 1.91. The lowest BCUT2D eigenvalue weighted by Crippen LogP contribution is -2.20. The first-order valence-corrected chi connectivity index (χ1v) is 6.04. The lowest BCUT2D eigenvalue weighted by atomic mass is 10.3. The van der Waals surface area contributed by atoms with Gasteiger partial charge in [0.05, 0.1) is 7.11 Å². The molecule has 1 amide bonds. The van der Waals surface area contributed by atoms with Crippen LogP contribution in [0.2, 0.25) is 0 Å². The maximum absolute atomic E-state index is 11.7. The third kappa shape index (κ3) is 3.65. The molecule has 0 spiro atoms. The standard InChI is InChI=1S/C15H15NO4/c1-19-12-6-4-5-11(9-12)16-15(18)10-20-14-8-3-2-7-13(14)17/h2-9,17H,10H2,1H3,(H,16,18). The Morgan fingerprint density at radius 3 is 2.75 bits per heavy atom. The summed E-state index contributed by atoms with van der Waals surface area (Å²) in [5, 5.41) is 12.2. The van der Waals surface area contributed by atoms with Gasteiger partial charge >= 0.3 is 0 Å². The Bertz CT molecular complexity index is 598. The van der Waals surface area contributed by atoms with Crippen LogP contribution in [0.25, 0.3) is 0 Å². The number of para-hydroxylation sites is 2. The number of hydrogen-bond acceptors (Lipinski definition) is 4. The van der Waals surface area contributed by atoms with Gasteiger partial charge in [0, 0.05) is 11.8 Å². The van der Waals surface area contributed by atoms with E-state index < -0.39 is 0 Å². The molecule has 0 aliphatic heterocycles. The van der Waals surface area contributed by atoms with Gasteiger partial charge < -0.3 is 19.9 Å². The monoisotopic (exact) mass is 273 g/mol. The molecule has 2 aromatic carbocycles. The van der Waals surface area contributed by atoms with E-state index in [-0.39, 0.29) is 24.0 Å². The fourth-order valence-corrected chi connectivity index (χ4v) is 1.62. The molecule has 5 heteroatoms. The molecule has 0 bridgehead atoms. The number of phenols is 1. The van der Waals surface area contributed by atoms with Crippen LogP contribution in [0.4, 0.5) is 5.69 Å². The quantitative estimate of drug-likeness (QED) is 0.878. The molecule has 0 aromatic heterocycles. The highest BCUT2D eigenvalue weighted by Crippen LogP contribution is 2.24. The van der Waals surface area contributed by atoms with E-state index in [4.69, 9.17) is 9.47 Å². The number of aromatic hydroxyl groups is 1. The zero-order chi connectivity index (χ0) is 14.4. The van der Waals surface area contributed by atoms with Crippen molar-refractivity contribution < 1.29 is 19.4 Å². The summed E-state index contributed by atoms with van der Waals surface area (Å²) >= 11 is 0. The number of amides is 1. The van der Waals surface area contributed by atoms with Gasteiger partial charge in [0.15, 0.2) is 18.1 Å². The largest absolute Gasteiger partial charge is 0.504 e. The summed E-state index contributed by atoms with van der Waals surface area (Å²) in [4.78, 5) is 11.7. The Morgan fingerprint density at radius 2 is 2.00 bits per heavy atom. The van der Waals surface area contributed by atoms with Crippen molar-refractivity contribution in [2.75, 3.05) is 19.0 Å². The van der Waals surface area contributed by atoms with Gasteiger partial charge in [0.2, 0.25) is 0 Å². The first kappa shape index (κ1) is 13.7. The van der Waals surface area contributed by atoms with Gasteiger partial charge in [-0.05, 0) is 24.3 Å². The number of hydrogen-bond donors (Lipinski definition) is 2. The SMILES string of the molecule is COc1cccc(NC(=O)COc2ccccc2O)c1. The lowest BCUT2D eigenvalue weighted by molar-refractivity contribution is -0.118. The van der Waals surface area contributed by atoms with Crippen LogP contribution in [-0.4, -0.2) is 24.7 Å². The fourth-order valence-electron chi connectivity index (χ4n) is 1.62. The van der Waals surface area contributed by atoms with Crippen molar-refractivity contribution in [2.24, 2.45) is 0 Å². The van der Waals surface area contributed by atoms with E-state index >= 15 is 0 Å². The summed E-state index contributed by atoms with van der Waals surface area (Å²) in [6.07, 6.45) is 0. The minimum Gasteiger partial charge on any atom is -0.504 e. The second-order valence-corrected chi connectivity index (χ2v) is 4.04. The van der Waals surface area contributed by atoms with Crippen LogP contribution >= 0.6 is 0 Å². The summed E-state index contributed by atoms with van der Waals surface area (Å²) in [6, 6.07) is 13.5. The van der Waals surface area contributed by atoms with Crippen LogP contribution < -0.4 is 14.8 Å². The van der Waals surface area contributed by atoms with Crippen molar-refractivity contribution in [3.05, 3.63) is 48.5 Å². The smallest absolute Gasteiger partial charge is 0.262 e. The van der Waals surface area contributed by atoms with Crippen molar-refractivity contribution in [3.8, 4) is 17.2 Å². The number of rotatable bonds is 5. The molecule has 0 aliphatic carbocycles. The van der Waals surface area contributed by atoms with E-state index in [1.807, 2.05) is 0 Å². The summed E-state index contributed by atoms with van der Waals surface area (Å²) < 4.78 is 10.3. The number of nitrogens with one attached hydrogen (secondary N) is 1. The van der Waals surface area contributed by atoms with Crippen LogP contribution in [0, 0.1) is 0 Å². The topological polar surface area (TPSA) is 67.8 Å². The molecule has 2 rings (SSSR count). The van der Waals surface area contributed by atoms with Gasteiger partial charge in [-0.25, -0.2) is 0 Å². The second-order valence-electron chi connectivity index (χ2n) is 4.04. The van der Waals surface area contributed by atoms with Crippen molar-refractivity contribution in [1.82, 2.24) is 0 Å². The number of ether oxygens (including phenoxy) is 2. The van der Waals surface area contributed by atoms with Crippen molar-refractivity contribution in [1.29, 1.82) is 0 Å². The molecule has 0 aliphatic rings. The van der Waals surface area contributed by atoms with E-state index in [1.165, 1.54) is 6.07 Å². The number of carbonyl (C=O) groups is 1. The minimum atomic E-state index is -0.318. The third-order valence-corrected chi connectivity index (χ3v) is 2.58. The summed E-state index contributed by atoms with van der Waals surface area (Å²) in [7, 11) is 1.56. The van der Waals surface area contributed by atoms with Crippen LogP contribution in [0.15, 0.2) is 48.5 Å². The maximum atomic E-state index is 11.7. The Kier molecular flexibility index (Phi) is 4.44. The van der Waals surface area contributed by atoms with Crippen LogP contribution in [-0.2, 0) is 4.79 Å². The molecule has 0 saturated heterocycles. The van der Waals surface area contributed by atoms with Gasteiger partial charge in [0.25, 0.3) is 5.91 Å². The molecule has 0 heterocycles. The molecular weight excluding hydrogens is 258 g/mol. The zero-order valence-electron chi connectivity index (χ0n) is 11.0. The first-order valence-electron chi connectivity index (χ1n) is 6.04. The molecule has 0 unspecified atom stereocenters. The molecule has 2 aromatic rings. The van der Waals surface area contributed by atoms with Gasteiger partial charge in [-0.1, -0.05) is 18.2 Å². The average Bonchev–Trinajstić information content (AvgIpc) is 2.46. The van der Waals surface area contributed by atoms with E-state index in [0.29, 0.717) is 11.4 Å². The molecule has 20 heavy (non-hydrogen) atoms. The maximum Gasteiger partial charge on any atom is 0.262 e. The Hall–Kier alpha value is -2.69. The third-order valence-electron chi connectivity index (χ3n) is 2.58. The van der Waals surface area contributed by atoms with E-state index in [2.05, 4.69) is 5.32 Å². The van der Waals surface area contributed by atoms with Gasteiger partial charge in [-0.3, -0.25) is 4.79 Å². The zero-order valence-corrected chi connectivity index (χ0v) is 11.0. The van der Waals surface area contributed by atoms with Crippen molar-refractivity contribution in [3.63, 3.8) is 0 Å². The predicted octanol–water partition coefficient (Wildman–Crippen LogP) is 2.42. The summed E-state index contributed by atoms with van der Waals surface area (Å²) in [5.41, 5.74) is 0.621. The van der Waals surface area contributed by atoms with E-state index in [9.17, 15) is 9.90 Å². The highest BCUT2D eigenvalue weighted by Gasteiger charge is 2.06. The minimum absolute atomic E-state index is 0.00156. The molecule has 104 valence electrons. The number of phenolic OH excluding ortho intramolecular Hbond substituents is 1. The predicted molar refractivity (Wildman–Crippen MR) is 75.2 cm³/mol. The molecule has 0 fully saturated rings. The van der Waals surface area contributed by atoms with Gasteiger partial charge in [-0.15, -0.1) is 0 Å². The number of carbonyl (C=O) groups excluding carboxylic acids is 1. The van der Waals surface area contributed by atoms with Crippen LogP contribution in [0.5, 0.6) is 17.2 Å². The van der Waals surface area contributed by atoms with E-state index in [1.54, 1.807) is 49.6 Å². The first-order chi connectivity index (χ1) is 9.69. The van der Waals surface area contributed by atoms with Crippen molar-refractivity contribution >= 4 is 11.6 Å². The molecule has 2 N–H and O–H groups in total. The van der Waals surface area contributed by atoms with Gasteiger partial charge in [-0.2, -0.15) is 0 Å². The molecule has 0 atom stereocenters. The van der Waals surface area contributed by atoms with E-state index in [0.717, 1.165) is 0 Å². The molecule has 0 saturated carbocycles. The highest BCUT2D eigenvalue weighted by atomic mass is 16.5. The number of anilines is 1. The van der Waals surface area contributed by atoms with Crippen molar-refractivity contribution in [2.45, 2.75) is 0 Å². The molecule has 0 radical (unpaired) electrons. The second kappa shape index (κ2) is 6.47. The van der Waals surface area contributed by atoms with Gasteiger partial charge in [0.1, 0.15) is 5.75 Å². The van der Waals surface area contributed by atoms with Crippen LogP contribution in [0.3, 0.4) is 0 Å². The number of benzene rings is 2.